The van der Waals surface area contributed by atoms with Gasteiger partial charge in [-0.3, -0.25) is 9.59 Å². The van der Waals surface area contributed by atoms with Crippen molar-refractivity contribution in [3.63, 3.8) is 0 Å². The summed E-state index contributed by atoms with van der Waals surface area (Å²) < 4.78 is 80.8. The van der Waals surface area contributed by atoms with Gasteiger partial charge in [0.25, 0.3) is 0 Å². The van der Waals surface area contributed by atoms with E-state index in [0.29, 0.717) is 0 Å². The van der Waals surface area contributed by atoms with E-state index in [2.05, 4.69) is 4.74 Å². The van der Waals surface area contributed by atoms with Crippen LogP contribution in [0.1, 0.15) is 0 Å². The molecule has 0 rings (SSSR count). The molecule has 0 saturated heterocycles. The van der Waals surface area contributed by atoms with E-state index in [9.17, 15) is 40.7 Å². The van der Waals surface area contributed by atoms with Gasteiger partial charge in [-0.15, -0.1) is 0 Å². The van der Waals surface area contributed by atoms with Crippen LogP contribution >= 0.6 is 0 Å². The number of hydrogen-bond donors (Lipinski definition) is 1. The lowest BCUT2D eigenvalue weighted by Crippen LogP contribution is -2.52. The molecular formula is C10H13F6NO5Si. The summed E-state index contributed by atoms with van der Waals surface area (Å²) in [6, 6.07) is -2.22. The Bertz CT molecular complexity index is 470. The summed E-state index contributed by atoms with van der Waals surface area (Å²) in [5.41, 5.74) is 0. The lowest BCUT2D eigenvalue weighted by molar-refractivity contribution is -0.201. The van der Waals surface area contributed by atoms with Crippen molar-refractivity contribution in [2.45, 2.75) is 38.0 Å². The van der Waals surface area contributed by atoms with Crippen LogP contribution in [0.3, 0.4) is 0 Å². The average Bonchev–Trinajstić information content (AvgIpc) is 2.28. The molecule has 1 atom stereocenters. The van der Waals surface area contributed by atoms with E-state index in [1.165, 1.54) is 19.6 Å². The predicted molar refractivity (Wildman–Crippen MR) is 64.4 cm³/mol. The molecule has 0 bridgehead atoms. The first kappa shape index (κ1) is 21.2. The van der Waals surface area contributed by atoms with Crippen molar-refractivity contribution >= 4 is 26.2 Å². The van der Waals surface area contributed by atoms with Crippen LogP contribution in [0.5, 0.6) is 0 Å². The van der Waals surface area contributed by atoms with Gasteiger partial charge in [0.1, 0.15) is 6.61 Å². The number of esters is 1. The third-order valence-electron chi connectivity index (χ3n) is 1.87. The number of alkyl halides is 6. The van der Waals surface area contributed by atoms with Gasteiger partial charge in [-0.05, 0) is 19.6 Å². The minimum atomic E-state index is -5.40. The average molecular weight is 369 g/mol. The third-order valence-corrected chi connectivity index (χ3v) is 2.68. The van der Waals surface area contributed by atoms with Crippen LogP contribution in [0.25, 0.3) is 0 Å². The Morgan fingerprint density at radius 2 is 1.48 bits per heavy atom. The van der Waals surface area contributed by atoms with E-state index in [-0.39, 0.29) is 0 Å². The van der Waals surface area contributed by atoms with E-state index in [0.717, 1.165) is 5.32 Å². The van der Waals surface area contributed by atoms with Gasteiger partial charge in [0.05, 0.1) is 0 Å². The van der Waals surface area contributed by atoms with Gasteiger partial charge in [-0.1, -0.05) is 0 Å². The van der Waals surface area contributed by atoms with Crippen molar-refractivity contribution in [3.8, 4) is 0 Å². The first-order chi connectivity index (χ1) is 10.0. The van der Waals surface area contributed by atoms with Gasteiger partial charge in [-0.25, -0.2) is 4.79 Å². The molecule has 23 heavy (non-hydrogen) atoms. The fourth-order valence-corrected chi connectivity index (χ4v) is 1.77. The molecule has 0 unspecified atom stereocenters. The molecule has 1 amide bonds. The Morgan fingerprint density at radius 1 is 1.00 bits per heavy atom. The van der Waals surface area contributed by atoms with Crippen LogP contribution in [0.2, 0.25) is 19.6 Å². The molecule has 0 aliphatic carbocycles. The molecule has 134 valence electrons. The summed E-state index contributed by atoms with van der Waals surface area (Å²) in [5.74, 6) is -6.74. The molecular weight excluding hydrogens is 356 g/mol. The molecule has 6 nitrogen and oxygen atoms in total. The number of halogens is 6. The van der Waals surface area contributed by atoms with E-state index >= 15 is 0 Å². The monoisotopic (exact) mass is 369 g/mol. The van der Waals surface area contributed by atoms with Crippen molar-refractivity contribution in [2.75, 3.05) is 6.61 Å². The van der Waals surface area contributed by atoms with Gasteiger partial charge in [0.2, 0.25) is 8.32 Å². The van der Waals surface area contributed by atoms with Crippen LogP contribution < -0.4 is 5.32 Å². The molecule has 0 aliphatic rings. The number of hydrogen-bond acceptors (Lipinski definition) is 5. The molecule has 0 fully saturated rings. The number of nitrogens with one attached hydrogen (secondary N) is 1. The fraction of sp³-hybridized carbons (Fsp3) is 0.700. The summed E-state index contributed by atoms with van der Waals surface area (Å²) in [5, 5.41) is 1.13. The second-order valence-corrected chi connectivity index (χ2v) is 9.58. The maximum Gasteiger partial charge on any atom is 0.490 e. The summed E-state index contributed by atoms with van der Waals surface area (Å²) >= 11 is 0. The lowest BCUT2D eigenvalue weighted by atomic mass is 10.3. The third kappa shape index (κ3) is 8.42. The molecule has 0 aromatic carbocycles. The predicted octanol–water partition coefficient (Wildman–Crippen LogP) is 1.52. The van der Waals surface area contributed by atoms with Crippen molar-refractivity contribution in [1.82, 2.24) is 5.32 Å². The van der Waals surface area contributed by atoms with Crippen LogP contribution in [0.15, 0.2) is 0 Å². The van der Waals surface area contributed by atoms with Crippen molar-refractivity contribution < 1.29 is 49.9 Å². The molecule has 0 radical (unpaired) electrons. The molecule has 0 aliphatic heterocycles. The first-order valence-corrected chi connectivity index (χ1v) is 9.29. The Labute approximate surface area is 127 Å². The highest BCUT2D eigenvalue weighted by atomic mass is 28.4. The summed E-state index contributed by atoms with van der Waals surface area (Å²) in [4.78, 5) is 33.0. The fourth-order valence-electron chi connectivity index (χ4n) is 1.02. The van der Waals surface area contributed by atoms with Crippen molar-refractivity contribution in [2.24, 2.45) is 0 Å². The molecule has 0 aromatic rings. The highest BCUT2D eigenvalue weighted by Gasteiger charge is 2.44. The van der Waals surface area contributed by atoms with Gasteiger partial charge in [0.15, 0.2) is 6.04 Å². The Kier molecular flexibility index (Phi) is 6.63. The van der Waals surface area contributed by atoms with E-state index in [1.807, 2.05) is 0 Å². The molecule has 1 N–H and O–H groups in total. The van der Waals surface area contributed by atoms with Gasteiger partial charge in [0, 0.05) is 0 Å². The minimum Gasteiger partial charge on any atom is -0.518 e. The largest absolute Gasteiger partial charge is 0.518 e. The Morgan fingerprint density at radius 3 is 1.83 bits per heavy atom. The number of amides is 1. The second-order valence-electron chi connectivity index (χ2n) is 5.15. The number of rotatable bonds is 5. The summed E-state index contributed by atoms with van der Waals surface area (Å²) in [6.07, 6.45) is -10.8. The van der Waals surface area contributed by atoms with E-state index < -0.39 is 51.2 Å². The Balaban J connectivity index is 5.05. The lowest BCUT2D eigenvalue weighted by Gasteiger charge is -2.23. The Hall–Kier alpha value is -1.79. The standard InChI is InChI=1S/C10H13F6NO5Si/c1-23(2,3)22-6(18)5(17-7(19)9(11,12)13)4-21-8(20)10(14,15)16/h5H,4H2,1-3H3,(H,17,19)/t5-/m0/s1. The van der Waals surface area contributed by atoms with Crippen LogP contribution in [0, 0.1) is 0 Å². The zero-order valence-corrected chi connectivity index (χ0v) is 13.1. The second kappa shape index (κ2) is 7.19. The maximum absolute atomic E-state index is 12.2. The van der Waals surface area contributed by atoms with Crippen molar-refractivity contribution in [1.29, 1.82) is 0 Å². The zero-order chi connectivity index (χ0) is 18.6. The highest BCUT2D eigenvalue weighted by Crippen LogP contribution is 2.18. The zero-order valence-electron chi connectivity index (χ0n) is 12.1. The van der Waals surface area contributed by atoms with Crippen LogP contribution in [-0.2, 0) is 23.5 Å². The highest BCUT2D eigenvalue weighted by molar-refractivity contribution is 6.71. The SMILES string of the molecule is C[Si](C)(C)OC(=O)[C@H](COC(=O)C(F)(F)F)NC(=O)C(F)(F)F. The van der Waals surface area contributed by atoms with Gasteiger partial charge in [-0.2, -0.15) is 26.3 Å². The van der Waals surface area contributed by atoms with Crippen LogP contribution in [-0.4, -0.2) is 51.2 Å². The van der Waals surface area contributed by atoms with Crippen LogP contribution in [0.4, 0.5) is 26.3 Å². The smallest absolute Gasteiger partial charge is 0.490 e. The van der Waals surface area contributed by atoms with Gasteiger partial charge >= 0.3 is 30.2 Å². The molecule has 0 aromatic heterocycles. The summed E-state index contributed by atoms with van der Waals surface area (Å²) in [7, 11) is -2.62. The normalized spacial score (nSPS) is 14.0. The maximum atomic E-state index is 12.2. The number of carbonyl (C=O) groups excluding carboxylic acids is 3. The number of carbonyl (C=O) groups is 3. The number of ether oxygens (including phenoxy) is 1. The minimum absolute atomic E-state index is 1.13. The molecule has 0 saturated carbocycles. The van der Waals surface area contributed by atoms with Gasteiger partial charge < -0.3 is 14.5 Å². The van der Waals surface area contributed by atoms with E-state index in [1.54, 1.807) is 0 Å². The summed E-state index contributed by atoms with van der Waals surface area (Å²) in [6.45, 7) is 2.95. The van der Waals surface area contributed by atoms with E-state index in [4.69, 9.17) is 4.43 Å². The quantitative estimate of drug-likeness (QED) is 0.451. The molecule has 13 heteroatoms. The van der Waals surface area contributed by atoms with Crippen molar-refractivity contribution in [3.05, 3.63) is 0 Å². The first-order valence-electron chi connectivity index (χ1n) is 5.88. The topological polar surface area (TPSA) is 81.7 Å². The molecule has 0 spiro atoms. The molecule has 0 heterocycles.